The van der Waals surface area contributed by atoms with Crippen molar-refractivity contribution in [2.75, 3.05) is 14.2 Å². The molecule has 0 saturated heterocycles. The number of nitrogens with one attached hydrogen (secondary N) is 1. The number of non-ortho nitro benzene ring substituents is 1. The minimum absolute atomic E-state index is 0.0614. The van der Waals surface area contributed by atoms with Crippen LogP contribution < -0.4 is 19.6 Å². The number of rotatable bonds is 10. The van der Waals surface area contributed by atoms with Gasteiger partial charge in [0, 0.05) is 12.1 Å². The average Bonchev–Trinajstić information content (AvgIpc) is 2.81. The summed E-state index contributed by atoms with van der Waals surface area (Å²) in [7, 11) is 3.21. The number of nitrogens with zero attached hydrogens (tertiary/aromatic N) is 2. The second-order valence-corrected chi connectivity index (χ2v) is 9.13. The molecule has 33 heavy (non-hydrogen) atoms. The predicted molar refractivity (Wildman–Crippen MR) is 143 cm³/mol. The number of ether oxygens (including phenoxy) is 3. The van der Waals surface area contributed by atoms with Crippen LogP contribution in [0.15, 0.2) is 59.7 Å². The first-order chi connectivity index (χ1) is 15.9. The van der Waals surface area contributed by atoms with Crippen LogP contribution >= 0.6 is 45.2 Å². The highest BCUT2D eigenvalue weighted by Gasteiger charge is 2.10. The molecule has 3 aromatic carbocycles. The summed E-state index contributed by atoms with van der Waals surface area (Å²) in [5.74, 6) is 2.13. The van der Waals surface area contributed by atoms with Gasteiger partial charge >= 0.3 is 0 Å². The van der Waals surface area contributed by atoms with Gasteiger partial charge in [0.25, 0.3) is 5.69 Å². The highest BCUT2D eigenvalue weighted by molar-refractivity contribution is 14.1. The van der Waals surface area contributed by atoms with E-state index in [0.717, 1.165) is 29.6 Å². The lowest BCUT2D eigenvalue weighted by Crippen LogP contribution is -2.06. The molecule has 0 bridgehead atoms. The van der Waals surface area contributed by atoms with Crippen molar-refractivity contribution >= 4 is 57.1 Å². The standard InChI is InChI=1S/C23H21I2N3O5/c1-31-21-8-5-16(11-22(21)32-2)12-26-27-13-17-9-19(24)23(20(25)10-17)33-14-15-3-6-18(7-4-15)28(29)30/h3-11,13,26H,12,14H2,1-2H3/b27-13+. The first-order valence-electron chi connectivity index (χ1n) is 9.73. The van der Waals surface area contributed by atoms with Gasteiger partial charge in [-0.15, -0.1) is 0 Å². The molecule has 10 heteroatoms. The van der Waals surface area contributed by atoms with E-state index in [1.165, 1.54) is 12.1 Å². The van der Waals surface area contributed by atoms with Crippen molar-refractivity contribution in [3.05, 3.63) is 88.5 Å². The summed E-state index contributed by atoms with van der Waals surface area (Å²) >= 11 is 4.45. The highest BCUT2D eigenvalue weighted by Crippen LogP contribution is 2.30. The van der Waals surface area contributed by atoms with Crippen LogP contribution in [0.2, 0.25) is 0 Å². The van der Waals surface area contributed by atoms with Gasteiger partial charge < -0.3 is 19.6 Å². The number of hydrogen-bond acceptors (Lipinski definition) is 7. The first kappa shape index (κ1) is 25.0. The fourth-order valence-corrected chi connectivity index (χ4v) is 5.04. The van der Waals surface area contributed by atoms with Crippen LogP contribution in [0.5, 0.6) is 17.2 Å². The maximum Gasteiger partial charge on any atom is 0.269 e. The summed E-state index contributed by atoms with van der Waals surface area (Å²) in [4.78, 5) is 10.4. The summed E-state index contributed by atoms with van der Waals surface area (Å²) in [6, 6.07) is 16.0. The molecule has 8 nitrogen and oxygen atoms in total. The van der Waals surface area contributed by atoms with Gasteiger partial charge in [-0.25, -0.2) is 0 Å². The third kappa shape index (κ3) is 6.93. The number of nitro benzene ring substituents is 1. The van der Waals surface area contributed by atoms with E-state index in [1.54, 1.807) is 32.6 Å². The maximum absolute atomic E-state index is 10.8. The highest BCUT2D eigenvalue weighted by atomic mass is 127. The number of benzene rings is 3. The van der Waals surface area contributed by atoms with Crippen molar-refractivity contribution in [2.24, 2.45) is 5.10 Å². The van der Waals surface area contributed by atoms with Crippen molar-refractivity contribution in [3.8, 4) is 17.2 Å². The summed E-state index contributed by atoms with van der Waals surface area (Å²) in [6.45, 7) is 0.867. The van der Waals surface area contributed by atoms with E-state index < -0.39 is 4.92 Å². The van der Waals surface area contributed by atoms with Gasteiger partial charge in [-0.2, -0.15) is 5.10 Å². The molecule has 0 spiro atoms. The van der Waals surface area contributed by atoms with Crippen molar-refractivity contribution in [3.63, 3.8) is 0 Å². The van der Waals surface area contributed by atoms with E-state index in [2.05, 4.69) is 55.7 Å². The van der Waals surface area contributed by atoms with Crippen LogP contribution in [0.3, 0.4) is 0 Å². The Labute approximate surface area is 218 Å². The zero-order chi connectivity index (χ0) is 23.8. The van der Waals surface area contributed by atoms with Crippen LogP contribution in [0.4, 0.5) is 5.69 Å². The Hall–Kier alpha value is -2.61. The first-order valence-corrected chi connectivity index (χ1v) is 11.9. The average molecular weight is 673 g/mol. The van der Waals surface area contributed by atoms with Gasteiger partial charge in [-0.3, -0.25) is 10.1 Å². The number of hydrazone groups is 1. The normalized spacial score (nSPS) is 10.8. The quantitative estimate of drug-likeness (QED) is 0.132. The maximum atomic E-state index is 10.8. The zero-order valence-electron chi connectivity index (χ0n) is 17.9. The van der Waals surface area contributed by atoms with Gasteiger partial charge in [0.2, 0.25) is 0 Å². The lowest BCUT2D eigenvalue weighted by molar-refractivity contribution is -0.384. The number of hydrogen-bond donors (Lipinski definition) is 1. The number of nitro groups is 1. The Morgan fingerprint density at radius 2 is 1.61 bits per heavy atom. The molecular formula is C23H21I2N3O5. The third-order valence-electron chi connectivity index (χ3n) is 4.59. The monoisotopic (exact) mass is 673 g/mol. The Bertz CT molecular complexity index is 1130. The molecule has 0 aliphatic carbocycles. The molecule has 0 aliphatic heterocycles. The topological polar surface area (TPSA) is 95.2 Å². The molecule has 3 aromatic rings. The van der Waals surface area contributed by atoms with Crippen molar-refractivity contribution < 1.29 is 19.1 Å². The number of methoxy groups -OCH3 is 2. The second-order valence-electron chi connectivity index (χ2n) is 6.81. The van der Waals surface area contributed by atoms with E-state index in [4.69, 9.17) is 14.2 Å². The molecule has 0 unspecified atom stereocenters. The Kier molecular flexibility index (Phi) is 9.11. The Balaban J connectivity index is 1.59. The fourth-order valence-electron chi connectivity index (χ4n) is 2.91. The molecule has 0 atom stereocenters. The van der Waals surface area contributed by atoms with Crippen LogP contribution in [-0.2, 0) is 13.2 Å². The predicted octanol–water partition coefficient (Wildman–Crippen LogP) is 5.52. The smallest absolute Gasteiger partial charge is 0.269 e. The van der Waals surface area contributed by atoms with Crippen LogP contribution in [0.1, 0.15) is 16.7 Å². The van der Waals surface area contributed by atoms with Crippen molar-refractivity contribution in [1.82, 2.24) is 5.43 Å². The van der Waals surface area contributed by atoms with Crippen molar-refractivity contribution in [2.45, 2.75) is 13.2 Å². The van der Waals surface area contributed by atoms with Gasteiger partial charge in [0.1, 0.15) is 12.4 Å². The molecule has 0 saturated carbocycles. The molecule has 0 radical (unpaired) electrons. The molecule has 0 heterocycles. The number of halogens is 2. The minimum atomic E-state index is -0.417. The van der Waals surface area contributed by atoms with E-state index in [-0.39, 0.29) is 5.69 Å². The molecule has 3 rings (SSSR count). The SMILES string of the molecule is COc1ccc(CN/N=C/c2cc(I)c(OCc3ccc([N+](=O)[O-])cc3)c(I)c2)cc1OC. The largest absolute Gasteiger partial charge is 0.493 e. The van der Waals surface area contributed by atoms with Crippen molar-refractivity contribution in [1.29, 1.82) is 0 Å². The molecule has 172 valence electrons. The van der Waals surface area contributed by atoms with E-state index in [9.17, 15) is 10.1 Å². The Morgan fingerprint density at radius 3 is 2.21 bits per heavy atom. The van der Waals surface area contributed by atoms with E-state index >= 15 is 0 Å². The molecule has 1 N–H and O–H groups in total. The Morgan fingerprint density at radius 1 is 0.970 bits per heavy atom. The van der Waals surface area contributed by atoms with E-state index in [0.29, 0.717) is 24.7 Å². The van der Waals surface area contributed by atoms with Gasteiger partial charge in [0.15, 0.2) is 11.5 Å². The zero-order valence-corrected chi connectivity index (χ0v) is 22.2. The summed E-state index contributed by atoms with van der Waals surface area (Å²) < 4.78 is 18.4. The van der Waals surface area contributed by atoms with Gasteiger partial charge in [-0.05, 0) is 98.3 Å². The molecule has 0 amide bonds. The summed E-state index contributed by atoms with van der Waals surface area (Å²) in [6.07, 6.45) is 1.76. The summed E-state index contributed by atoms with van der Waals surface area (Å²) in [5.41, 5.74) is 5.91. The third-order valence-corrected chi connectivity index (χ3v) is 6.19. The second kappa shape index (κ2) is 12.0. The van der Waals surface area contributed by atoms with Gasteiger partial charge in [-0.1, -0.05) is 6.07 Å². The van der Waals surface area contributed by atoms with Crippen LogP contribution in [0.25, 0.3) is 0 Å². The lowest BCUT2D eigenvalue weighted by Gasteiger charge is -2.11. The molecule has 0 fully saturated rings. The molecule has 0 aromatic heterocycles. The van der Waals surface area contributed by atoms with E-state index in [1.807, 2.05) is 30.3 Å². The molecular weight excluding hydrogens is 652 g/mol. The van der Waals surface area contributed by atoms with Crippen LogP contribution in [-0.4, -0.2) is 25.4 Å². The summed E-state index contributed by atoms with van der Waals surface area (Å²) in [5, 5.41) is 15.1. The lowest BCUT2D eigenvalue weighted by atomic mass is 10.2. The fraction of sp³-hybridized carbons (Fsp3) is 0.174. The molecule has 0 aliphatic rings. The minimum Gasteiger partial charge on any atom is -0.493 e. The van der Waals surface area contributed by atoms with Crippen LogP contribution in [0, 0.1) is 17.3 Å². The van der Waals surface area contributed by atoms with Gasteiger partial charge in [0.05, 0.1) is 39.0 Å².